The number of ether oxygens (including phenoxy) is 2. The van der Waals surface area contributed by atoms with Crippen LogP contribution in [0.3, 0.4) is 0 Å². The van der Waals surface area contributed by atoms with E-state index >= 15 is 0 Å². The van der Waals surface area contributed by atoms with Crippen molar-refractivity contribution in [2.24, 2.45) is 5.73 Å². The van der Waals surface area contributed by atoms with Crippen molar-refractivity contribution in [2.45, 2.75) is 38.7 Å². The van der Waals surface area contributed by atoms with E-state index in [9.17, 15) is 0 Å². The summed E-state index contributed by atoms with van der Waals surface area (Å²) in [5, 5.41) is 0. The molecule has 0 saturated carbocycles. The number of nitrogens with two attached hydrogens (primary N) is 1. The van der Waals surface area contributed by atoms with Crippen LogP contribution in [0.25, 0.3) is 0 Å². The predicted molar refractivity (Wildman–Crippen MR) is 70.2 cm³/mol. The summed E-state index contributed by atoms with van der Waals surface area (Å²) in [5.74, 6) is 0. The van der Waals surface area contributed by atoms with Gasteiger partial charge in [-0.05, 0) is 39.2 Å². The lowest BCUT2D eigenvalue weighted by Gasteiger charge is -2.31. The molecule has 17 heavy (non-hydrogen) atoms. The van der Waals surface area contributed by atoms with E-state index in [2.05, 4.69) is 4.90 Å². The average Bonchev–Trinajstić information content (AvgIpc) is 2.37. The van der Waals surface area contributed by atoms with Crippen LogP contribution in [-0.4, -0.2) is 57.0 Å². The number of hydrogen-bond donors (Lipinski definition) is 1. The molecule has 1 saturated heterocycles. The van der Waals surface area contributed by atoms with Gasteiger partial charge in [-0.15, -0.1) is 0 Å². The number of piperidine rings is 1. The van der Waals surface area contributed by atoms with Gasteiger partial charge in [0.2, 0.25) is 0 Å². The highest BCUT2D eigenvalue weighted by molar-refractivity contribution is 4.72. The van der Waals surface area contributed by atoms with Gasteiger partial charge in [-0.1, -0.05) is 0 Å². The molecule has 102 valence electrons. The van der Waals surface area contributed by atoms with Crippen LogP contribution in [0, 0.1) is 0 Å². The minimum Gasteiger partial charge on any atom is -0.382 e. The van der Waals surface area contributed by atoms with Gasteiger partial charge in [0.05, 0.1) is 6.10 Å². The van der Waals surface area contributed by atoms with Gasteiger partial charge in [0.15, 0.2) is 0 Å². The van der Waals surface area contributed by atoms with Gasteiger partial charge in [-0.3, -0.25) is 0 Å². The van der Waals surface area contributed by atoms with Gasteiger partial charge < -0.3 is 20.1 Å². The van der Waals surface area contributed by atoms with Crippen LogP contribution in [0.1, 0.15) is 32.6 Å². The topological polar surface area (TPSA) is 47.7 Å². The molecule has 0 atom stereocenters. The molecule has 0 bridgehead atoms. The molecule has 1 heterocycles. The highest BCUT2D eigenvalue weighted by Gasteiger charge is 2.18. The van der Waals surface area contributed by atoms with Gasteiger partial charge >= 0.3 is 0 Å². The van der Waals surface area contributed by atoms with Crippen molar-refractivity contribution < 1.29 is 9.47 Å². The maximum Gasteiger partial charge on any atom is 0.0599 e. The van der Waals surface area contributed by atoms with Gasteiger partial charge in [-0.2, -0.15) is 0 Å². The molecule has 2 N–H and O–H groups in total. The van der Waals surface area contributed by atoms with Crippen molar-refractivity contribution in [3.8, 4) is 0 Å². The lowest BCUT2D eigenvalue weighted by molar-refractivity contribution is 0.00559. The fourth-order valence-electron chi connectivity index (χ4n) is 2.17. The summed E-state index contributed by atoms with van der Waals surface area (Å²) >= 11 is 0. The predicted octanol–water partition coefficient (Wildman–Crippen LogP) is 1.24. The summed E-state index contributed by atoms with van der Waals surface area (Å²) in [6.45, 7) is 8.82. The summed E-state index contributed by atoms with van der Waals surface area (Å²) in [4.78, 5) is 2.52. The Morgan fingerprint density at radius 1 is 1.18 bits per heavy atom. The zero-order chi connectivity index (χ0) is 12.3. The highest BCUT2D eigenvalue weighted by Crippen LogP contribution is 2.14. The zero-order valence-electron chi connectivity index (χ0n) is 11.2. The van der Waals surface area contributed by atoms with Crippen molar-refractivity contribution in [3.05, 3.63) is 0 Å². The molecule has 0 unspecified atom stereocenters. The van der Waals surface area contributed by atoms with E-state index in [1.807, 2.05) is 6.92 Å². The second kappa shape index (κ2) is 9.83. The summed E-state index contributed by atoms with van der Waals surface area (Å²) in [6, 6.07) is 0. The van der Waals surface area contributed by atoms with Crippen LogP contribution in [0.15, 0.2) is 0 Å². The van der Waals surface area contributed by atoms with Crippen molar-refractivity contribution in [1.82, 2.24) is 4.90 Å². The van der Waals surface area contributed by atoms with E-state index in [1.165, 1.54) is 25.9 Å². The van der Waals surface area contributed by atoms with Gasteiger partial charge in [-0.25, -0.2) is 0 Å². The Kier molecular flexibility index (Phi) is 8.61. The van der Waals surface area contributed by atoms with E-state index < -0.39 is 0 Å². The Morgan fingerprint density at radius 3 is 2.59 bits per heavy atom. The van der Waals surface area contributed by atoms with Crippen molar-refractivity contribution >= 4 is 0 Å². The third-order valence-corrected chi connectivity index (χ3v) is 3.20. The molecule has 0 spiro atoms. The number of likely N-dealkylation sites (tertiary alicyclic amines) is 1. The first-order valence-electron chi connectivity index (χ1n) is 6.98. The third-order valence-electron chi connectivity index (χ3n) is 3.20. The smallest absolute Gasteiger partial charge is 0.0599 e. The van der Waals surface area contributed by atoms with Gasteiger partial charge in [0.1, 0.15) is 0 Å². The Bertz CT molecular complexity index is 171. The molecule has 0 aliphatic carbocycles. The van der Waals surface area contributed by atoms with Crippen LogP contribution < -0.4 is 5.73 Å². The van der Waals surface area contributed by atoms with Crippen LogP contribution in [0.2, 0.25) is 0 Å². The Morgan fingerprint density at radius 2 is 1.94 bits per heavy atom. The molecule has 0 amide bonds. The number of hydrogen-bond acceptors (Lipinski definition) is 4. The Balaban J connectivity index is 1.97. The zero-order valence-corrected chi connectivity index (χ0v) is 11.2. The summed E-state index contributed by atoms with van der Waals surface area (Å²) in [5.41, 5.74) is 5.45. The van der Waals surface area contributed by atoms with Crippen molar-refractivity contribution in [3.63, 3.8) is 0 Å². The van der Waals surface area contributed by atoms with Gasteiger partial charge in [0.25, 0.3) is 0 Å². The summed E-state index contributed by atoms with van der Waals surface area (Å²) in [7, 11) is 0. The maximum absolute atomic E-state index is 5.78. The standard InChI is InChI=1S/C13H28N2O2/c1-2-16-11-4-8-15-9-5-13(6-10-15)17-12-3-7-14/h13H,2-12,14H2,1H3. The molecule has 0 aromatic carbocycles. The second-order valence-electron chi connectivity index (χ2n) is 4.60. The van der Waals surface area contributed by atoms with Crippen LogP contribution in [0.4, 0.5) is 0 Å². The van der Waals surface area contributed by atoms with Gasteiger partial charge in [0, 0.05) is 39.5 Å². The molecule has 1 fully saturated rings. The first-order valence-corrected chi connectivity index (χ1v) is 6.98. The molecule has 0 aromatic rings. The molecule has 4 nitrogen and oxygen atoms in total. The summed E-state index contributed by atoms with van der Waals surface area (Å²) < 4.78 is 11.1. The van der Waals surface area contributed by atoms with E-state index in [4.69, 9.17) is 15.2 Å². The quantitative estimate of drug-likeness (QED) is 0.620. The van der Waals surface area contributed by atoms with Crippen molar-refractivity contribution in [2.75, 3.05) is 46.0 Å². The van der Waals surface area contributed by atoms with E-state index in [0.29, 0.717) is 6.10 Å². The molecule has 0 radical (unpaired) electrons. The SMILES string of the molecule is CCOCCCN1CCC(OCCCN)CC1. The molecular weight excluding hydrogens is 216 g/mol. The largest absolute Gasteiger partial charge is 0.382 e. The van der Waals surface area contributed by atoms with Crippen LogP contribution >= 0.6 is 0 Å². The van der Waals surface area contributed by atoms with E-state index in [1.54, 1.807) is 0 Å². The van der Waals surface area contributed by atoms with E-state index in [-0.39, 0.29) is 0 Å². The first kappa shape index (κ1) is 14.9. The maximum atomic E-state index is 5.78. The highest BCUT2D eigenvalue weighted by atomic mass is 16.5. The summed E-state index contributed by atoms with van der Waals surface area (Å²) in [6.07, 6.45) is 4.92. The monoisotopic (exact) mass is 244 g/mol. The molecule has 1 aliphatic rings. The normalized spacial score (nSPS) is 18.7. The molecule has 1 aliphatic heterocycles. The van der Waals surface area contributed by atoms with Crippen LogP contribution in [-0.2, 0) is 9.47 Å². The average molecular weight is 244 g/mol. The second-order valence-corrected chi connectivity index (χ2v) is 4.60. The third kappa shape index (κ3) is 6.99. The molecular formula is C13H28N2O2. The minimum absolute atomic E-state index is 0.463. The fraction of sp³-hybridized carbons (Fsp3) is 1.00. The minimum atomic E-state index is 0.463. The molecule has 0 aromatic heterocycles. The van der Waals surface area contributed by atoms with Crippen LogP contribution in [0.5, 0.6) is 0 Å². The first-order chi connectivity index (χ1) is 8.36. The Hall–Kier alpha value is -0.160. The van der Waals surface area contributed by atoms with E-state index in [0.717, 1.165) is 45.8 Å². The fourth-order valence-corrected chi connectivity index (χ4v) is 2.17. The number of nitrogens with zero attached hydrogens (tertiary/aromatic N) is 1. The number of rotatable bonds is 9. The van der Waals surface area contributed by atoms with Crippen molar-refractivity contribution in [1.29, 1.82) is 0 Å². The Labute approximate surface area is 105 Å². The molecule has 4 heteroatoms. The molecule has 1 rings (SSSR count). The lowest BCUT2D eigenvalue weighted by Crippen LogP contribution is -2.38. The lowest BCUT2D eigenvalue weighted by atomic mass is 10.1.